The highest BCUT2D eigenvalue weighted by Crippen LogP contribution is 2.63. The Morgan fingerprint density at radius 3 is 2.26 bits per heavy atom. The first kappa shape index (κ1) is 19.0. The van der Waals surface area contributed by atoms with E-state index in [4.69, 9.17) is 0 Å². The van der Waals surface area contributed by atoms with Crippen LogP contribution in [0.4, 0.5) is 0 Å². The highest BCUT2D eigenvalue weighted by Gasteiger charge is 2.58. The molecule has 0 aromatic rings. The molecule has 6 atom stereocenters. The van der Waals surface area contributed by atoms with Crippen LogP contribution in [0.2, 0.25) is 0 Å². The molecule has 0 saturated heterocycles. The fourth-order valence-corrected chi connectivity index (χ4v) is 5.71. The monoisotopic (exact) mass is 322 g/mol. The molecule has 0 bridgehead atoms. The van der Waals surface area contributed by atoms with Crippen molar-refractivity contribution in [3.63, 3.8) is 0 Å². The fraction of sp³-hybridized carbons (Fsp3) is 0.905. The molecular weight excluding hydrogens is 284 g/mol. The third kappa shape index (κ3) is 3.02. The summed E-state index contributed by atoms with van der Waals surface area (Å²) in [6.45, 7) is 15.4. The van der Waals surface area contributed by atoms with Gasteiger partial charge in [-0.15, -0.1) is 0 Å². The molecule has 23 heavy (non-hydrogen) atoms. The van der Waals surface area contributed by atoms with Gasteiger partial charge in [0.05, 0.1) is 11.7 Å². The van der Waals surface area contributed by atoms with Crippen molar-refractivity contribution in [2.75, 3.05) is 0 Å². The molecule has 134 valence electrons. The van der Waals surface area contributed by atoms with Crippen molar-refractivity contribution in [1.82, 2.24) is 0 Å². The predicted molar refractivity (Wildman–Crippen MR) is 97.2 cm³/mol. The average Bonchev–Trinajstić information content (AvgIpc) is 2.46. The van der Waals surface area contributed by atoms with E-state index < -0.39 is 5.60 Å². The highest BCUT2D eigenvalue weighted by molar-refractivity contribution is 5.30. The van der Waals surface area contributed by atoms with E-state index in [-0.39, 0.29) is 11.5 Å². The molecule has 0 spiro atoms. The average molecular weight is 323 g/mol. The van der Waals surface area contributed by atoms with Gasteiger partial charge in [0.15, 0.2) is 0 Å². The first-order valence-corrected chi connectivity index (χ1v) is 9.70. The fourth-order valence-electron chi connectivity index (χ4n) is 5.71. The Kier molecular flexibility index (Phi) is 5.11. The summed E-state index contributed by atoms with van der Waals surface area (Å²) >= 11 is 0. The first-order chi connectivity index (χ1) is 10.6. The zero-order chi connectivity index (χ0) is 17.6. The minimum atomic E-state index is -0.728. The standard InChI is InChI=1S/C19H32O2.C2H6/c1-12-16-15(7-8-17(12,2)3)18(4)9-6-14(20)10-13(18)11-19(16,5)21;1-2/h11-12,14-16,20-21H,6-10H2,1-5H3;1-2H3/t12?,14?,15?,16?,18-,19?;/m0./s1. The maximum Gasteiger partial charge on any atom is 0.0836 e. The summed E-state index contributed by atoms with van der Waals surface area (Å²) in [5.74, 6) is 1.42. The number of fused-ring (bicyclic) bond motifs is 3. The van der Waals surface area contributed by atoms with Gasteiger partial charge in [0, 0.05) is 0 Å². The smallest absolute Gasteiger partial charge is 0.0836 e. The Labute approximate surface area is 143 Å². The quantitative estimate of drug-likeness (QED) is 0.620. The topological polar surface area (TPSA) is 40.5 Å². The van der Waals surface area contributed by atoms with Crippen LogP contribution in [0.5, 0.6) is 0 Å². The van der Waals surface area contributed by atoms with Crippen LogP contribution >= 0.6 is 0 Å². The predicted octanol–water partition coefficient (Wildman–Crippen LogP) is 4.94. The summed E-state index contributed by atoms with van der Waals surface area (Å²) < 4.78 is 0. The molecular formula is C21H38O2. The lowest BCUT2D eigenvalue weighted by Gasteiger charge is -2.61. The molecule has 0 radical (unpaired) electrons. The van der Waals surface area contributed by atoms with Gasteiger partial charge in [-0.2, -0.15) is 0 Å². The van der Waals surface area contributed by atoms with E-state index in [0.29, 0.717) is 23.2 Å². The minimum absolute atomic E-state index is 0.191. The minimum Gasteiger partial charge on any atom is -0.393 e. The number of aliphatic hydroxyl groups is 2. The van der Waals surface area contributed by atoms with Gasteiger partial charge in [-0.3, -0.25) is 0 Å². The largest absolute Gasteiger partial charge is 0.393 e. The lowest BCUT2D eigenvalue weighted by atomic mass is 9.45. The molecule has 5 unspecified atom stereocenters. The second-order valence-corrected chi connectivity index (χ2v) is 9.16. The molecule has 2 saturated carbocycles. The Morgan fingerprint density at radius 1 is 1.04 bits per heavy atom. The van der Waals surface area contributed by atoms with E-state index >= 15 is 0 Å². The zero-order valence-corrected chi connectivity index (χ0v) is 16.3. The van der Waals surface area contributed by atoms with Gasteiger partial charge in [-0.1, -0.05) is 53.2 Å². The van der Waals surface area contributed by atoms with E-state index in [2.05, 4.69) is 33.8 Å². The maximum atomic E-state index is 11.2. The van der Waals surface area contributed by atoms with Crippen molar-refractivity contribution in [1.29, 1.82) is 0 Å². The van der Waals surface area contributed by atoms with Crippen LogP contribution in [0.1, 0.15) is 80.6 Å². The van der Waals surface area contributed by atoms with E-state index in [0.717, 1.165) is 19.3 Å². The van der Waals surface area contributed by atoms with Crippen molar-refractivity contribution in [3.8, 4) is 0 Å². The second kappa shape index (κ2) is 6.19. The normalized spacial score (nSPS) is 48.3. The third-order valence-corrected chi connectivity index (χ3v) is 7.45. The summed E-state index contributed by atoms with van der Waals surface area (Å²) in [4.78, 5) is 0. The molecule has 3 aliphatic carbocycles. The molecule has 0 aromatic carbocycles. The number of aliphatic hydroxyl groups excluding tert-OH is 1. The van der Waals surface area contributed by atoms with Crippen molar-refractivity contribution in [2.45, 2.75) is 92.3 Å². The van der Waals surface area contributed by atoms with Crippen molar-refractivity contribution < 1.29 is 10.2 Å². The zero-order valence-electron chi connectivity index (χ0n) is 16.3. The Balaban J connectivity index is 0.000000924. The van der Waals surface area contributed by atoms with E-state index in [9.17, 15) is 10.2 Å². The molecule has 3 aliphatic rings. The van der Waals surface area contributed by atoms with Gasteiger partial charge in [-0.25, -0.2) is 0 Å². The van der Waals surface area contributed by atoms with E-state index in [1.165, 1.54) is 18.4 Å². The van der Waals surface area contributed by atoms with Gasteiger partial charge < -0.3 is 10.2 Å². The molecule has 2 N–H and O–H groups in total. The molecule has 0 aromatic heterocycles. The Hall–Kier alpha value is -0.340. The number of hydrogen-bond donors (Lipinski definition) is 2. The van der Waals surface area contributed by atoms with Crippen LogP contribution in [0.25, 0.3) is 0 Å². The summed E-state index contributed by atoms with van der Waals surface area (Å²) in [5.41, 5.74) is 1.09. The first-order valence-electron chi connectivity index (χ1n) is 9.70. The molecule has 0 amide bonds. The summed E-state index contributed by atoms with van der Waals surface area (Å²) in [6, 6.07) is 0. The van der Waals surface area contributed by atoms with Gasteiger partial charge in [0.25, 0.3) is 0 Å². The van der Waals surface area contributed by atoms with E-state index in [1.54, 1.807) is 0 Å². The number of hydrogen-bond acceptors (Lipinski definition) is 2. The molecule has 2 fully saturated rings. The van der Waals surface area contributed by atoms with Gasteiger partial charge in [0.1, 0.15) is 0 Å². The van der Waals surface area contributed by atoms with Crippen LogP contribution in [0.15, 0.2) is 11.6 Å². The van der Waals surface area contributed by atoms with Crippen LogP contribution in [0, 0.1) is 28.6 Å². The molecule has 0 aliphatic heterocycles. The summed E-state index contributed by atoms with van der Waals surface area (Å²) in [6.07, 6.45) is 7.11. The van der Waals surface area contributed by atoms with Crippen LogP contribution in [-0.4, -0.2) is 21.9 Å². The molecule has 2 heteroatoms. The van der Waals surface area contributed by atoms with Crippen molar-refractivity contribution >= 4 is 0 Å². The SMILES string of the molecule is CC.CC1C2C(CCC1(C)C)[C@@]1(C)CCC(O)CC1=CC2(C)O. The lowest BCUT2D eigenvalue weighted by molar-refractivity contribution is -0.123. The maximum absolute atomic E-state index is 11.2. The molecule has 2 nitrogen and oxygen atoms in total. The second-order valence-electron chi connectivity index (χ2n) is 9.16. The summed E-state index contributed by atoms with van der Waals surface area (Å²) in [5, 5.41) is 21.2. The summed E-state index contributed by atoms with van der Waals surface area (Å²) in [7, 11) is 0. The molecule has 0 heterocycles. The van der Waals surface area contributed by atoms with Crippen LogP contribution < -0.4 is 0 Å². The van der Waals surface area contributed by atoms with E-state index in [1.807, 2.05) is 20.8 Å². The van der Waals surface area contributed by atoms with Crippen LogP contribution in [-0.2, 0) is 0 Å². The molecule has 3 rings (SSSR count). The van der Waals surface area contributed by atoms with Crippen LogP contribution in [0.3, 0.4) is 0 Å². The third-order valence-electron chi connectivity index (χ3n) is 7.45. The highest BCUT2D eigenvalue weighted by atomic mass is 16.3. The lowest BCUT2D eigenvalue weighted by Crippen LogP contribution is -2.58. The van der Waals surface area contributed by atoms with Gasteiger partial charge >= 0.3 is 0 Å². The Morgan fingerprint density at radius 2 is 1.65 bits per heavy atom. The van der Waals surface area contributed by atoms with Crippen molar-refractivity contribution in [3.05, 3.63) is 11.6 Å². The van der Waals surface area contributed by atoms with Crippen molar-refractivity contribution in [2.24, 2.45) is 28.6 Å². The van der Waals surface area contributed by atoms with Gasteiger partial charge in [0.2, 0.25) is 0 Å². The Bertz CT molecular complexity index is 462. The van der Waals surface area contributed by atoms with Gasteiger partial charge in [-0.05, 0) is 67.6 Å². The number of rotatable bonds is 0.